The zero-order valence-electron chi connectivity index (χ0n) is 8.74. The normalized spacial score (nSPS) is 10.6. The van der Waals surface area contributed by atoms with Crippen LogP contribution in [0.5, 0.6) is 0 Å². The fourth-order valence-corrected chi connectivity index (χ4v) is 2.42. The predicted octanol–water partition coefficient (Wildman–Crippen LogP) is 3.51. The standard InChI is InChI=1S/C11H11ClN2OS/c1-7-4-9(14-15-7)6-16-11-3-2-8(13)5-10(11)12/h2-5H,6,13H2,1H3. The molecule has 1 heterocycles. The van der Waals surface area contributed by atoms with Crippen LogP contribution in [0.1, 0.15) is 11.5 Å². The molecule has 0 saturated heterocycles. The van der Waals surface area contributed by atoms with Gasteiger partial charge in [0, 0.05) is 22.4 Å². The first-order valence-electron chi connectivity index (χ1n) is 4.75. The lowest BCUT2D eigenvalue weighted by molar-refractivity contribution is 0.393. The predicted molar refractivity (Wildman–Crippen MR) is 66.7 cm³/mol. The minimum Gasteiger partial charge on any atom is -0.399 e. The van der Waals surface area contributed by atoms with Gasteiger partial charge < -0.3 is 10.3 Å². The Morgan fingerprint density at radius 2 is 2.25 bits per heavy atom. The lowest BCUT2D eigenvalue weighted by Crippen LogP contribution is -1.85. The van der Waals surface area contributed by atoms with E-state index in [-0.39, 0.29) is 0 Å². The number of aromatic nitrogens is 1. The van der Waals surface area contributed by atoms with E-state index in [4.69, 9.17) is 21.9 Å². The highest BCUT2D eigenvalue weighted by molar-refractivity contribution is 7.98. The van der Waals surface area contributed by atoms with Crippen molar-refractivity contribution >= 4 is 29.1 Å². The molecule has 84 valence electrons. The van der Waals surface area contributed by atoms with Crippen LogP contribution in [0.4, 0.5) is 5.69 Å². The molecule has 1 aromatic heterocycles. The second-order valence-corrected chi connectivity index (χ2v) is 4.83. The van der Waals surface area contributed by atoms with E-state index in [0.29, 0.717) is 10.7 Å². The summed E-state index contributed by atoms with van der Waals surface area (Å²) in [7, 11) is 0. The van der Waals surface area contributed by atoms with Crippen molar-refractivity contribution in [1.29, 1.82) is 0 Å². The molecule has 2 aromatic rings. The Morgan fingerprint density at radius 1 is 1.44 bits per heavy atom. The third-order valence-corrected chi connectivity index (χ3v) is 3.54. The van der Waals surface area contributed by atoms with Gasteiger partial charge in [-0.3, -0.25) is 0 Å². The van der Waals surface area contributed by atoms with Crippen molar-refractivity contribution < 1.29 is 4.52 Å². The Balaban J connectivity index is 2.04. The van der Waals surface area contributed by atoms with Crippen molar-refractivity contribution in [2.45, 2.75) is 17.6 Å². The Hall–Kier alpha value is -1.13. The molecule has 1 aromatic carbocycles. The summed E-state index contributed by atoms with van der Waals surface area (Å²) in [6.45, 7) is 1.87. The first-order valence-corrected chi connectivity index (χ1v) is 6.11. The van der Waals surface area contributed by atoms with Gasteiger partial charge >= 0.3 is 0 Å². The van der Waals surface area contributed by atoms with Gasteiger partial charge in [0.2, 0.25) is 0 Å². The summed E-state index contributed by atoms with van der Waals surface area (Å²) in [4.78, 5) is 0.997. The van der Waals surface area contributed by atoms with Gasteiger partial charge in [-0.2, -0.15) is 0 Å². The van der Waals surface area contributed by atoms with Gasteiger partial charge in [0.05, 0.1) is 10.7 Å². The van der Waals surface area contributed by atoms with Gasteiger partial charge in [0.25, 0.3) is 0 Å². The minimum atomic E-state index is 0.671. The highest BCUT2D eigenvalue weighted by Gasteiger charge is 2.05. The number of aryl methyl sites for hydroxylation is 1. The van der Waals surface area contributed by atoms with E-state index in [1.165, 1.54) is 0 Å². The molecule has 0 fully saturated rings. The van der Waals surface area contributed by atoms with Gasteiger partial charge in [0.1, 0.15) is 5.76 Å². The Kier molecular flexibility index (Phi) is 3.41. The zero-order chi connectivity index (χ0) is 11.5. The first kappa shape index (κ1) is 11.4. The summed E-state index contributed by atoms with van der Waals surface area (Å²) in [6.07, 6.45) is 0. The van der Waals surface area contributed by atoms with Crippen LogP contribution in [0, 0.1) is 6.92 Å². The molecule has 0 radical (unpaired) electrons. The fourth-order valence-electron chi connectivity index (χ4n) is 1.27. The second kappa shape index (κ2) is 4.80. The van der Waals surface area contributed by atoms with Crippen LogP contribution in [-0.4, -0.2) is 5.16 Å². The maximum absolute atomic E-state index is 6.06. The number of hydrogen-bond acceptors (Lipinski definition) is 4. The second-order valence-electron chi connectivity index (χ2n) is 3.41. The van der Waals surface area contributed by atoms with E-state index in [9.17, 15) is 0 Å². The molecule has 0 atom stereocenters. The first-order chi connectivity index (χ1) is 7.65. The Morgan fingerprint density at radius 3 is 2.88 bits per heavy atom. The number of nitrogen functional groups attached to an aromatic ring is 1. The third kappa shape index (κ3) is 2.71. The highest BCUT2D eigenvalue weighted by atomic mass is 35.5. The molecule has 16 heavy (non-hydrogen) atoms. The van der Waals surface area contributed by atoms with Crippen LogP contribution in [-0.2, 0) is 5.75 Å². The maximum Gasteiger partial charge on any atom is 0.133 e. The van der Waals surface area contributed by atoms with Crippen LogP contribution < -0.4 is 5.73 Å². The fraction of sp³-hybridized carbons (Fsp3) is 0.182. The maximum atomic E-state index is 6.06. The quantitative estimate of drug-likeness (QED) is 0.673. The van der Waals surface area contributed by atoms with E-state index in [1.54, 1.807) is 17.8 Å². The van der Waals surface area contributed by atoms with E-state index in [0.717, 1.165) is 22.1 Å². The van der Waals surface area contributed by atoms with E-state index >= 15 is 0 Å². The van der Waals surface area contributed by atoms with E-state index < -0.39 is 0 Å². The molecule has 0 unspecified atom stereocenters. The molecule has 0 aliphatic rings. The Bertz CT molecular complexity index is 498. The van der Waals surface area contributed by atoms with Crippen molar-refractivity contribution in [1.82, 2.24) is 5.16 Å². The largest absolute Gasteiger partial charge is 0.399 e. The molecular weight excluding hydrogens is 244 g/mol. The number of anilines is 1. The summed E-state index contributed by atoms with van der Waals surface area (Å²) < 4.78 is 4.99. The molecule has 2 rings (SSSR count). The topological polar surface area (TPSA) is 52.0 Å². The van der Waals surface area contributed by atoms with Crippen molar-refractivity contribution in [3.8, 4) is 0 Å². The van der Waals surface area contributed by atoms with Gasteiger partial charge in [-0.05, 0) is 25.1 Å². The van der Waals surface area contributed by atoms with Gasteiger partial charge in [0.15, 0.2) is 0 Å². The van der Waals surface area contributed by atoms with E-state index in [1.807, 2.05) is 25.1 Å². The molecule has 0 spiro atoms. The van der Waals surface area contributed by atoms with Crippen LogP contribution in [0.2, 0.25) is 5.02 Å². The smallest absolute Gasteiger partial charge is 0.133 e. The van der Waals surface area contributed by atoms with Gasteiger partial charge in [-0.25, -0.2) is 0 Å². The molecule has 0 bridgehead atoms. The zero-order valence-corrected chi connectivity index (χ0v) is 10.3. The van der Waals surface area contributed by atoms with Gasteiger partial charge in [-0.1, -0.05) is 16.8 Å². The molecule has 2 N–H and O–H groups in total. The minimum absolute atomic E-state index is 0.671. The number of nitrogens with two attached hydrogens (primary N) is 1. The molecule has 0 aliphatic heterocycles. The summed E-state index contributed by atoms with van der Waals surface area (Å²) in [5.41, 5.74) is 7.20. The highest BCUT2D eigenvalue weighted by Crippen LogP contribution is 2.30. The summed E-state index contributed by atoms with van der Waals surface area (Å²) in [5.74, 6) is 1.56. The average Bonchev–Trinajstić information content (AvgIpc) is 2.63. The lowest BCUT2D eigenvalue weighted by Gasteiger charge is -2.02. The van der Waals surface area contributed by atoms with Crippen LogP contribution in [0.25, 0.3) is 0 Å². The number of halogens is 1. The van der Waals surface area contributed by atoms with Crippen molar-refractivity contribution in [2.24, 2.45) is 0 Å². The average molecular weight is 255 g/mol. The van der Waals surface area contributed by atoms with Crippen LogP contribution in [0.3, 0.4) is 0 Å². The third-order valence-electron chi connectivity index (χ3n) is 2.01. The number of thioether (sulfide) groups is 1. The molecule has 0 amide bonds. The number of benzene rings is 1. The molecule has 0 saturated carbocycles. The van der Waals surface area contributed by atoms with Gasteiger partial charge in [-0.15, -0.1) is 11.8 Å². The van der Waals surface area contributed by atoms with Crippen LogP contribution >= 0.6 is 23.4 Å². The van der Waals surface area contributed by atoms with E-state index in [2.05, 4.69) is 5.16 Å². The van der Waals surface area contributed by atoms with Crippen molar-refractivity contribution in [3.05, 3.63) is 40.7 Å². The monoisotopic (exact) mass is 254 g/mol. The lowest BCUT2D eigenvalue weighted by atomic mass is 10.3. The molecule has 3 nitrogen and oxygen atoms in total. The van der Waals surface area contributed by atoms with Crippen molar-refractivity contribution in [3.63, 3.8) is 0 Å². The number of nitrogens with zero attached hydrogens (tertiary/aromatic N) is 1. The number of rotatable bonds is 3. The van der Waals surface area contributed by atoms with Crippen molar-refractivity contribution in [2.75, 3.05) is 5.73 Å². The summed E-state index contributed by atoms with van der Waals surface area (Å²) >= 11 is 7.67. The summed E-state index contributed by atoms with van der Waals surface area (Å²) in [6, 6.07) is 7.41. The molecule has 5 heteroatoms. The molecular formula is C11H11ClN2OS. The Labute approximate surface area is 103 Å². The summed E-state index contributed by atoms with van der Waals surface area (Å²) in [5, 5.41) is 4.59. The number of hydrogen-bond donors (Lipinski definition) is 1. The molecule has 0 aliphatic carbocycles. The SMILES string of the molecule is Cc1cc(CSc2ccc(N)cc2Cl)no1. The van der Waals surface area contributed by atoms with Crippen LogP contribution in [0.15, 0.2) is 33.7 Å².